The molecule has 156 valence electrons. The van der Waals surface area contributed by atoms with E-state index in [0.29, 0.717) is 13.1 Å². The van der Waals surface area contributed by atoms with Crippen LogP contribution in [-0.2, 0) is 0 Å². The van der Waals surface area contributed by atoms with E-state index in [9.17, 15) is 14.7 Å². The molecule has 29 heavy (non-hydrogen) atoms. The van der Waals surface area contributed by atoms with Crippen LogP contribution in [-0.4, -0.2) is 34.8 Å². The Hall–Kier alpha value is -2.48. The van der Waals surface area contributed by atoms with Gasteiger partial charge >= 0.3 is 5.97 Å². The van der Waals surface area contributed by atoms with Gasteiger partial charge in [0.15, 0.2) is 5.82 Å². The molecule has 2 heterocycles. The lowest BCUT2D eigenvalue weighted by Gasteiger charge is -2.30. The van der Waals surface area contributed by atoms with E-state index in [1.807, 2.05) is 13.8 Å². The first kappa shape index (κ1) is 19.8. The Labute approximate surface area is 166 Å². The smallest absolute Gasteiger partial charge is 0.341 e. The minimum Gasteiger partial charge on any atom is -0.477 e. The highest BCUT2D eigenvalue weighted by Gasteiger charge is 2.44. The van der Waals surface area contributed by atoms with E-state index >= 15 is 8.78 Å². The zero-order valence-corrected chi connectivity index (χ0v) is 16.5. The maximum atomic E-state index is 15.7. The average Bonchev–Trinajstić information content (AvgIpc) is 3.46. The van der Waals surface area contributed by atoms with Crippen LogP contribution in [0.4, 0.5) is 14.5 Å². The van der Waals surface area contributed by atoms with Crippen LogP contribution in [0.3, 0.4) is 0 Å². The Morgan fingerprint density at radius 3 is 2.48 bits per heavy atom. The predicted octanol–water partition coefficient (Wildman–Crippen LogP) is 3.27. The molecular formula is C21H25F2N3O3. The number of carboxylic acids is 1. The third-order valence-corrected chi connectivity index (χ3v) is 6.79. The molecule has 1 saturated carbocycles. The zero-order valence-electron chi connectivity index (χ0n) is 16.5. The zero-order chi connectivity index (χ0) is 21.1. The summed E-state index contributed by atoms with van der Waals surface area (Å²) in [6, 6.07) is 0.674. The summed E-state index contributed by atoms with van der Waals surface area (Å²) in [5.41, 5.74) is 4.54. The fourth-order valence-electron chi connectivity index (χ4n) is 4.68. The molecule has 1 unspecified atom stereocenters. The molecule has 6 nitrogen and oxygen atoms in total. The predicted molar refractivity (Wildman–Crippen MR) is 107 cm³/mol. The summed E-state index contributed by atoms with van der Waals surface area (Å²) in [6.07, 6.45) is 4.30. The number of hydrogen-bond acceptors (Lipinski definition) is 4. The molecule has 8 heteroatoms. The van der Waals surface area contributed by atoms with Gasteiger partial charge in [-0.05, 0) is 31.7 Å². The lowest BCUT2D eigenvalue weighted by Crippen LogP contribution is -2.39. The minimum atomic E-state index is -1.41. The molecule has 1 atom stereocenters. The van der Waals surface area contributed by atoms with E-state index in [-0.39, 0.29) is 34.1 Å². The number of hydrogen-bond donors (Lipinski definition) is 2. The number of carboxylic acid groups (broad SMARTS) is 1. The summed E-state index contributed by atoms with van der Waals surface area (Å²) in [5.74, 6) is -3.10. The molecular weight excluding hydrogens is 380 g/mol. The molecule has 2 aromatic rings. The largest absolute Gasteiger partial charge is 0.477 e. The first-order valence-corrected chi connectivity index (χ1v) is 10.0. The quantitative estimate of drug-likeness (QED) is 0.797. The molecule has 0 bridgehead atoms. The molecule has 3 N–H and O–H groups in total. The van der Waals surface area contributed by atoms with E-state index in [1.165, 1.54) is 10.8 Å². The Morgan fingerprint density at radius 1 is 1.31 bits per heavy atom. The van der Waals surface area contributed by atoms with Crippen LogP contribution < -0.4 is 16.1 Å². The van der Waals surface area contributed by atoms with Gasteiger partial charge in [-0.1, -0.05) is 13.8 Å². The van der Waals surface area contributed by atoms with Crippen LogP contribution in [0, 0.1) is 17.0 Å². The van der Waals surface area contributed by atoms with Gasteiger partial charge in [-0.25, -0.2) is 13.6 Å². The highest BCUT2D eigenvalue weighted by atomic mass is 19.1. The minimum absolute atomic E-state index is 0.0297. The molecule has 1 aliphatic heterocycles. The van der Waals surface area contributed by atoms with Gasteiger partial charge in [-0.15, -0.1) is 0 Å². The molecule has 1 aliphatic carbocycles. The Kier molecular flexibility index (Phi) is 4.64. The van der Waals surface area contributed by atoms with E-state index < -0.39 is 28.6 Å². The monoisotopic (exact) mass is 405 g/mol. The van der Waals surface area contributed by atoms with Crippen LogP contribution >= 0.6 is 0 Å². The lowest BCUT2D eigenvalue weighted by atomic mass is 9.78. The number of aromatic carboxylic acids is 1. The van der Waals surface area contributed by atoms with E-state index in [0.717, 1.165) is 31.7 Å². The summed E-state index contributed by atoms with van der Waals surface area (Å²) in [6.45, 7) is 4.81. The van der Waals surface area contributed by atoms with E-state index in [2.05, 4.69) is 0 Å². The molecule has 4 rings (SSSR count). The van der Waals surface area contributed by atoms with Crippen LogP contribution in [0.5, 0.6) is 0 Å². The summed E-state index contributed by atoms with van der Waals surface area (Å²) in [7, 11) is 0. The van der Waals surface area contributed by atoms with Gasteiger partial charge in [0.1, 0.15) is 17.1 Å². The number of rotatable bonds is 5. The second-order valence-electron chi connectivity index (χ2n) is 8.29. The van der Waals surface area contributed by atoms with Crippen molar-refractivity contribution in [1.82, 2.24) is 4.57 Å². The standard InChI is InChI=1S/C21H25F2N3O3/c1-3-21(4-2)10-25(9-15(21)24)18-14(22)7-12-17(16(18)23)26(11-5-6-11)8-13(19(12)27)20(28)29/h7-8,11,15H,3-6,9-10,24H2,1-2H3,(H,28,29). The number of aromatic nitrogens is 1. The van der Waals surface area contributed by atoms with Crippen molar-refractivity contribution in [2.75, 3.05) is 18.0 Å². The van der Waals surface area contributed by atoms with Crippen molar-refractivity contribution in [2.45, 2.75) is 51.6 Å². The normalized spacial score (nSPS) is 21.1. The number of halogens is 2. The third-order valence-electron chi connectivity index (χ3n) is 6.79. The third kappa shape index (κ3) is 2.92. The number of nitrogens with two attached hydrogens (primary N) is 1. The highest BCUT2D eigenvalue weighted by molar-refractivity contribution is 5.94. The Bertz CT molecular complexity index is 1060. The summed E-state index contributed by atoms with van der Waals surface area (Å²) < 4.78 is 32.3. The molecule has 0 radical (unpaired) electrons. The Morgan fingerprint density at radius 2 is 1.97 bits per heavy atom. The maximum absolute atomic E-state index is 15.7. The van der Waals surface area contributed by atoms with Gasteiger partial charge in [0, 0.05) is 36.8 Å². The van der Waals surface area contributed by atoms with Gasteiger partial charge < -0.3 is 20.3 Å². The van der Waals surface area contributed by atoms with Gasteiger partial charge in [0.2, 0.25) is 5.43 Å². The average molecular weight is 405 g/mol. The van der Waals surface area contributed by atoms with Gasteiger partial charge in [0.25, 0.3) is 0 Å². The second-order valence-corrected chi connectivity index (χ2v) is 8.29. The summed E-state index contributed by atoms with van der Waals surface area (Å²) in [4.78, 5) is 25.7. The highest BCUT2D eigenvalue weighted by Crippen LogP contribution is 2.43. The van der Waals surface area contributed by atoms with Crippen molar-refractivity contribution < 1.29 is 18.7 Å². The van der Waals surface area contributed by atoms with Crippen LogP contribution in [0.15, 0.2) is 17.1 Å². The molecule has 2 aliphatic rings. The summed E-state index contributed by atoms with van der Waals surface area (Å²) in [5, 5.41) is 9.10. The van der Waals surface area contributed by atoms with Gasteiger partial charge in [0.05, 0.1) is 10.9 Å². The fraction of sp³-hybridized carbons (Fsp3) is 0.524. The number of carbonyl (C=O) groups is 1. The van der Waals surface area contributed by atoms with Crippen molar-refractivity contribution in [2.24, 2.45) is 11.1 Å². The number of pyridine rings is 1. The first-order valence-electron chi connectivity index (χ1n) is 10.0. The van der Waals surface area contributed by atoms with Crippen molar-refractivity contribution in [1.29, 1.82) is 0 Å². The number of benzene rings is 1. The van der Waals surface area contributed by atoms with Crippen LogP contribution in [0.25, 0.3) is 10.9 Å². The van der Waals surface area contributed by atoms with Gasteiger partial charge in [-0.2, -0.15) is 0 Å². The SMILES string of the molecule is CCC1(CC)CN(c2c(F)cc3c(=O)c(C(=O)O)cn(C4CC4)c3c2F)CC1N. The van der Waals surface area contributed by atoms with Crippen molar-refractivity contribution in [3.8, 4) is 0 Å². The molecule has 0 amide bonds. The van der Waals surface area contributed by atoms with Crippen molar-refractivity contribution >= 4 is 22.6 Å². The topological polar surface area (TPSA) is 88.6 Å². The lowest BCUT2D eigenvalue weighted by molar-refractivity contribution is 0.0694. The molecule has 1 saturated heterocycles. The van der Waals surface area contributed by atoms with Crippen molar-refractivity contribution in [3.05, 3.63) is 39.7 Å². The number of nitrogens with zero attached hydrogens (tertiary/aromatic N) is 2. The van der Waals surface area contributed by atoms with E-state index in [1.54, 1.807) is 4.90 Å². The maximum Gasteiger partial charge on any atom is 0.341 e. The van der Waals surface area contributed by atoms with Crippen LogP contribution in [0.2, 0.25) is 0 Å². The molecule has 1 aromatic heterocycles. The number of anilines is 1. The Balaban J connectivity index is 1.94. The van der Waals surface area contributed by atoms with Gasteiger partial charge in [-0.3, -0.25) is 4.79 Å². The van der Waals surface area contributed by atoms with Crippen LogP contribution in [0.1, 0.15) is 55.9 Å². The fourth-order valence-corrected chi connectivity index (χ4v) is 4.68. The molecule has 1 aromatic carbocycles. The summed E-state index contributed by atoms with van der Waals surface area (Å²) >= 11 is 0. The first-order chi connectivity index (χ1) is 13.7. The molecule has 0 spiro atoms. The second kappa shape index (κ2) is 6.79. The molecule has 2 fully saturated rings. The van der Waals surface area contributed by atoms with E-state index in [4.69, 9.17) is 5.73 Å². The number of fused-ring (bicyclic) bond motifs is 1. The van der Waals surface area contributed by atoms with Crippen molar-refractivity contribution in [3.63, 3.8) is 0 Å².